The van der Waals surface area contributed by atoms with Crippen molar-refractivity contribution in [3.8, 4) is 11.1 Å². The van der Waals surface area contributed by atoms with Gasteiger partial charge in [0.1, 0.15) is 18.7 Å². The van der Waals surface area contributed by atoms with Crippen molar-refractivity contribution < 1.29 is 19.1 Å². The molecule has 0 aliphatic carbocycles. The van der Waals surface area contributed by atoms with E-state index in [1.165, 1.54) is 0 Å². The van der Waals surface area contributed by atoms with Crippen molar-refractivity contribution in [3.05, 3.63) is 60.2 Å². The van der Waals surface area contributed by atoms with E-state index in [1.807, 2.05) is 56.3 Å². The molecule has 2 aromatic carbocycles. The summed E-state index contributed by atoms with van der Waals surface area (Å²) < 4.78 is 5.29. The number of ether oxygens (including phenoxy) is 1. The van der Waals surface area contributed by atoms with E-state index in [0.29, 0.717) is 12.0 Å². The second-order valence-electron chi connectivity index (χ2n) is 8.07. The Balaban J connectivity index is 1.68. The molecule has 0 saturated carbocycles. The summed E-state index contributed by atoms with van der Waals surface area (Å²) in [6.07, 6.45) is 0.0953. The molecule has 0 bridgehead atoms. The van der Waals surface area contributed by atoms with Crippen molar-refractivity contribution in [2.75, 3.05) is 6.61 Å². The zero-order valence-electron chi connectivity index (χ0n) is 17.6. The molecule has 2 amide bonds. The Morgan fingerprint density at radius 1 is 1.03 bits per heavy atom. The topological polar surface area (TPSA) is 84.5 Å². The highest BCUT2D eigenvalue weighted by atomic mass is 16.5. The van der Waals surface area contributed by atoms with E-state index >= 15 is 0 Å². The highest BCUT2D eigenvalue weighted by Gasteiger charge is 2.35. The lowest BCUT2D eigenvalue weighted by Gasteiger charge is -2.23. The maximum atomic E-state index is 12.8. The van der Waals surface area contributed by atoms with E-state index in [9.17, 15) is 14.4 Å². The SMILES string of the molecule is CC(C)CC(NC(=O)c1ccc(-c2ccccc2)cc1)C(=O)N[C@@H]1C(=O)CO[C@@H]1C. The first-order chi connectivity index (χ1) is 14.3. The van der Waals surface area contributed by atoms with Gasteiger partial charge in [-0.1, -0.05) is 56.3 Å². The molecule has 1 unspecified atom stereocenters. The van der Waals surface area contributed by atoms with Gasteiger partial charge in [0.25, 0.3) is 5.91 Å². The average Bonchev–Trinajstić information content (AvgIpc) is 3.05. The summed E-state index contributed by atoms with van der Waals surface area (Å²) in [4.78, 5) is 37.5. The first-order valence-electron chi connectivity index (χ1n) is 10.3. The van der Waals surface area contributed by atoms with Gasteiger partial charge in [0.05, 0.1) is 6.10 Å². The summed E-state index contributed by atoms with van der Waals surface area (Å²) in [5.74, 6) is -0.650. The van der Waals surface area contributed by atoms with Crippen LogP contribution in [0, 0.1) is 5.92 Å². The van der Waals surface area contributed by atoms with Crippen molar-refractivity contribution in [2.24, 2.45) is 5.92 Å². The molecule has 2 N–H and O–H groups in total. The fraction of sp³-hybridized carbons (Fsp3) is 0.375. The second-order valence-corrected chi connectivity index (χ2v) is 8.07. The Bertz CT molecular complexity index is 893. The summed E-state index contributed by atoms with van der Waals surface area (Å²) in [5, 5.41) is 5.57. The number of hydrogen-bond donors (Lipinski definition) is 2. The van der Waals surface area contributed by atoms with Crippen molar-refractivity contribution in [2.45, 2.75) is 45.4 Å². The third kappa shape index (κ3) is 5.33. The minimum absolute atomic E-state index is 0.00107. The zero-order valence-corrected chi connectivity index (χ0v) is 17.6. The van der Waals surface area contributed by atoms with Gasteiger partial charge in [-0.3, -0.25) is 14.4 Å². The highest BCUT2D eigenvalue weighted by molar-refractivity contribution is 5.99. The van der Waals surface area contributed by atoms with Crippen molar-refractivity contribution in [1.82, 2.24) is 10.6 Å². The van der Waals surface area contributed by atoms with Gasteiger partial charge in [0.15, 0.2) is 5.78 Å². The van der Waals surface area contributed by atoms with Crippen LogP contribution >= 0.6 is 0 Å². The monoisotopic (exact) mass is 408 g/mol. The van der Waals surface area contributed by atoms with E-state index in [-0.39, 0.29) is 36.2 Å². The molecule has 0 aromatic heterocycles. The van der Waals surface area contributed by atoms with Crippen molar-refractivity contribution in [3.63, 3.8) is 0 Å². The minimum Gasteiger partial charge on any atom is -0.368 e. The fourth-order valence-electron chi connectivity index (χ4n) is 3.50. The van der Waals surface area contributed by atoms with E-state index in [4.69, 9.17) is 4.74 Å². The Hall–Kier alpha value is -2.99. The van der Waals surface area contributed by atoms with Gasteiger partial charge in [-0.05, 0) is 42.5 Å². The van der Waals surface area contributed by atoms with Crippen LogP contribution in [0.1, 0.15) is 37.6 Å². The number of amides is 2. The number of hydrogen-bond acceptors (Lipinski definition) is 4. The van der Waals surface area contributed by atoms with E-state index < -0.39 is 12.1 Å². The molecule has 1 saturated heterocycles. The zero-order chi connectivity index (χ0) is 21.7. The number of nitrogens with one attached hydrogen (secondary N) is 2. The number of ketones is 1. The molecule has 1 aliphatic heterocycles. The molecule has 2 aromatic rings. The molecule has 1 heterocycles. The lowest BCUT2D eigenvalue weighted by molar-refractivity contribution is -0.127. The quantitative estimate of drug-likeness (QED) is 0.738. The van der Waals surface area contributed by atoms with Crippen molar-refractivity contribution in [1.29, 1.82) is 0 Å². The van der Waals surface area contributed by atoms with Crippen LogP contribution in [0.3, 0.4) is 0 Å². The molecular weight excluding hydrogens is 380 g/mol. The number of benzene rings is 2. The Kier molecular flexibility index (Phi) is 7.00. The van der Waals surface area contributed by atoms with E-state index in [0.717, 1.165) is 11.1 Å². The van der Waals surface area contributed by atoms with Gasteiger partial charge in [-0.15, -0.1) is 0 Å². The largest absolute Gasteiger partial charge is 0.368 e. The molecule has 1 fully saturated rings. The van der Waals surface area contributed by atoms with Crippen LogP contribution < -0.4 is 10.6 Å². The maximum Gasteiger partial charge on any atom is 0.251 e. The minimum atomic E-state index is -0.730. The van der Waals surface area contributed by atoms with Crippen LogP contribution in [0.2, 0.25) is 0 Å². The standard InChI is InChI=1S/C24H28N2O4/c1-15(2)13-20(24(29)26-22-16(3)30-14-21(22)27)25-23(28)19-11-9-18(10-12-19)17-7-5-4-6-8-17/h4-12,15-16,20,22H,13-14H2,1-3H3,(H,25,28)(H,26,29)/t16-,20?,22+/m1/s1. The summed E-state index contributed by atoms with van der Waals surface area (Å²) in [6.45, 7) is 5.71. The van der Waals surface area contributed by atoms with E-state index in [1.54, 1.807) is 19.1 Å². The Morgan fingerprint density at radius 2 is 1.67 bits per heavy atom. The molecule has 0 radical (unpaired) electrons. The molecule has 3 rings (SSSR count). The third-order valence-corrected chi connectivity index (χ3v) is 5.19. The number of carbonyl (C=O) groups is 3. The molecule has 0 spiro atoms. The molecule has 3 atom stereocenters. The van der Waals surface area contributed by atoms with Crippen molar-refractivity contribution >= 4 is 17.6 Å². The first-order valence-corrected chi connectivity index (χ1v) is 10.3. The smallest absolute Gasteiger partial charge is 0.251 e. The summed E-state index contributed by atoms with van der Waals surface area (Å²) in [6, 6.07) is 15.8. The first kappa shape index (κ1) is 21.7. The van der Waals surface area contributed by atoms with Crippen LogP contribution in [-0.4, -0.2) is 42.4 Å². The second kappa shape index (κ2) is 9.67. The molecular formula is C24H28N2O4. The predicted octanol–water partition coefficient (Wildman–Crippen LogP) is 2.97. The highest BCUT2D eigenvalue weighted by Crippen LogP contribution is 2.19. The van der Waals surface area contributed by atoms with Crippen LogP contribution in [0.4, 0.5) is 0 Å². The molecule has 6 heteroatoms. The Labute approximate surface area is 177 Å². The summed E-state index contributed by atoms with van der Waals surface area (Å²) in [5.41, 5.74) is 2.56. The van der Waals surface area contributed by atoms with Gasteiger partial charge in [0.2, 0.25) is 5.91 Å². The maximum absolute atomic E-state index is 12.8. The number of rotatable bonds is 7. The third-order valence-electron chi connectivity index (χ3n) is 5.19. The Morgan fingerprint density at radius 3 is 2.23 bits per heavy atom. The fourth-order valence-corrected chi connectivity index (χ4v) is 3.50. The molecule has 30 heavy (non-hydrogen) atoms. The van der Waals surface area contributed by atoms with Crippen LogP contribution in [0.25, 0.3) is 11.1 Å². The summed E-state index contributed by atoms with van der Waals surface area (Å²) >= 11 is 0. The predicted molar refractivity (Wildman–Crippen MR) is 115 cm³/mol. The van der Waals surface area contributed by atoms with Gasteiger partial charge >= 0.3 is 0 Å². The lowest BCUT2D eigenvalue weighted by Crippen LogP contribution is -2.53. The van der Waals surface area contributed by atoms with E-state index in [2.05, 4.69) is 10.6 Å². The molecule has 1 aliphatic rings. The van der Waals surface area contributed by atoms with Gasteiger partial charge in [-0.25, -0.2) is 0 Å². The van der Waals surface area contributed by atoms with Gasteiger partial charge in [0, 0.05) is 5.56 Å². The lowest BCUT2D eigenvalue weighted by atomic mass is 10.0. The molecule has 158 valence electrons. The normalized spacial score (nSPS) is 19.5. The number of Topliss-reactive ketones (excluding diaryl/α,β-unsaturated/α-hetero) is 1. The van der Waals surface area contributed by atoms with Gasteiger partial charge in [-0.2, -0.15) is 0 Å². The molecule has 6 nitrogen and oxygen atoms in total. The van der Waals surface area contributed by atoms with Crippen LogP contribution in [0.5, 0.6) is 0 Å². The number of carbonyl (C=O) groups excluding carboxylic acids is 3. The summed E-state index contributed by atoms with van der Waals surface area (Å²) in [7, 11) is 0. The average molecular weight is 408 g/mol. The van der Waals surface area contributed by atoms with Crippen LogP contribution in [0.15, 0.2) is 54.6 Å². The van der Waals surface area contributed by atoms with Crippen LogP contribution in [-0.2, 0) is 14.3 Å². The van der Waals surface area contributed by atoms with Gasteiger partial charge < -0.3 is 15.4 Å².